The van der Waals surface area contributed by atoms with Crippen molar-refractivity contribution in [2.24, 2.45) is 0 Å². The Hall–Kier alpha value is -13.2. The van der Waals surface area contributed by atoms with Crippen LogP contribution in [0.25, 0.3) is 61.6 Å². The summed E-state index contributed by atoms with van der Waals surface area (Å²) in [5.74, 6) is 3.34. The number of pyridine rings is 4. The molecule has 105 heavy (non-hydrogen) atoms. The van der Waals surface area contributed by atoms with Crippen LogP contribution in [0.4, 0.5) is 55.0 Å². The third-order valence-corrected chi connectivity index (χ3v) is 15.4. The van der Waals surface area contributed by atoms with Gasteiger partial charge in [0.25, 0.3) is 0 Å². The van der Waals surface area contributed by atoms with Crippen molar-refractivity contribution in [3.05, 3.63) is 297 Å². The summed E-state index contributed by atoms with van der Waals surface area (Å²) < 4.78 is 81.7. The molecule has 522 valence electrons. The van der Waals surface area contributed by atoms with Crippen LogP contribution >= 0.6 is 34.8 Å². The quantitative estimate of drug-likeness (QED) is 0.0536. The number of rotatable bonds is 8. The lowest BCUT2D eigenvalue weighted by Crippen LogP contribution is -2.08. The first-order valence-electron chi connectivity index (χ1n) is 31.1. The minimum absolute atomic E-state index is 0.240. The van der Waals surface area contributed by atoms with Gasteiger partial charge in [-0.15, -0.1) is 0 Å². The first-order valence-corrected chi connectivity index (χ1v) is 32.3. The van der Waals surface area contributed by atoms with Gasteiger partial charge in [0.2, 0.25) is 0 Å². The van der Waals surface area contributed by atoms with Gasteiger partial charge in [-0.05, 0) is 178 Å². The third kappa shape index (κ3) is 19.7. The fourth-order valence-corrected chi connectivity index (χ4v) is 10.7. The molecule has 1 unspecified atom stereocenters. The van der Waals surface area contributed by atoms with Gasteiger partial charge in [-0.3, -0.25) is 13.7 Å². The van der Waals surface area contributed by atoms with Gasteiger partial charge in [0.05, 0.1) is 102 Å². The molecule has 29 heteroatoms. The van der Waals surface area contributed by atoms with Gasteiger partial charge < -0.3 is 26.5 Å². The average Bonchev–Trinajstić information content (AvgIpc) is 1.69. The number of hydrogen-bond acceptors (Lipinski definition) is 16. The number of benzene rings is 7. The number of imidazole rings is 4. The topological polar surface area (TPSA) is 299 Å². The van der Waals surface area contributed by atoms with E-state index in [2.05, 4.69) is 73.7 Å². The van der Waals surface area contributed by atoms with Crippen LogP contribution in [0.3, 0.4) is 0 Å². The van der Waals surface area contributed by atoms with Crippen LogP contribution in [0.1, 0.15) is 63.6 Å². The SMILES string of the molecule is CC(O)c1nc2ccccc2n1-c1cc(C#N)cc(Nc2ccc(C(F)(F)F)cc2)n1.Cc1ccc(N)cc1.Cc1nc2ccccc2[nH]1.N#Cc1cc(Cl)nc(-n2cnc3ccccc32)c1.N#Cc1cc(Cl)nc(Cl)c1.N#Cc1cc(Nc2ccc(C(F)(F)F)cc2)nc(-n2cnc3ccccc32)c1. The predicted octanol–water partition coefficient (Wildman–Crippen LogP) is 18.8. The number of para-hydroxylation sites is 8. The van der Waals surface area contributed by atoms with Gasteiger partial charge in [0, 0.05) is 17.1 Å². The number of nitrogens with zero attached hydrogens (tertiary/aromatic N) is 15. The number of aryl methyl sites for hydroxylation is 2. The van der Waals surface area contributed by atoms with E-state index in [-0.39, 0.29) is 21.7 Å². The first kappa shape index (κ1) is 74.5. The smallest absolute Gasteiger partial charge is 0.399 e. The Labute approximate surface area is 609 Å². The van der Waals surface area contributed by atoms with E-state index < -0.39 is 29.6 Å². The van der Waals surface area contributed by atoms with Crippen LogP contribution in [0.2, 0.25) is 15.5 Å². The van der Waals surface area contributed by atoms with Gasteiger partial charge >= 0.3 is 12.4 Å². The van der Waals surface area contributed by atoms with E-state index in [9.17, 15) is 42.0 Å². The Balaban J connectivity index is 0.000000145. The number of fused-ring (bicyclic) bond motifs is 4. The van der Waals surface area contributed by atoms with E-state index in [0.717, 1.165) is 68.9 Å². The lowest BCUT2D eigenvalue weighted by atomic mass is 10.2. The molecule has 15 aromatic rings. The highest BCUT2D eigenvalue weighted by molar-refractivity contribution is 6.32. The van der Waals surface area contributed by atoms with Crippen molar-refractivity contribution in [3.8, 4) is 41.7 Å². The number of aliphatic hydroxyl groups is 1. The molecule has 8 aromatic heterocycles. The van der Waals surface area contributed by atoms with Crippen LogP contribution < -0.4 is 16.4 Å². The van der Waals surface area contributed by atoms with Crippen molar-refractivity contribution in [3.63, 3.8) is 0 Å². The zero-order valence-electron chi connectivity index (χ0n) is 55.2. The van der Waals surface area contributed by atoms with Crippen LogP contribution in [0.5, 0.6) is 0 Å². The molecule has 6 N–H and O–H groups in total. The Morgan fingerprint density at radius 3 is 1.31 bits per heavy atom. The Bertz CT molecular complexity index is 5660. The van der Waals surface area contributed by atoms with Crippen molar-refractivity contribution in [2.75, 3.05) is 16.4 Å². The molecular weight excluding hydrogens is 1420 g/mol. The maximum atomic E-state index is 12.8. The van der Waals surface area contributed by atoms with Crippen LogP contribution in [0, 0.1) is 59.2 Å². The normalized spacial score (nSPS) is 11.1. The molecule has 20 nitrogen and oxygen atoms in total. The molecule has 0 bridgehead atoms. The van der Waals surface area contributed by atoms with Gasteiger partial charge in [0.1, 0.15) is 75.0 Å². The fourth-order valence-electron chi connectivity index (χ4n) is 10.0. The second-order valence-corrected chi connectivity index (χ2v) is 23.7. The van der Waals surface area contributed by atoms with Crippen molar-refractivity contribution in [1.82, 2.24) is 58.6 Å². The highest BCUT2D eigenvalue weighted by Gasteiger charge is 2.31. The Morgan fingerprint density at radius 1 is 0.457 bits per heavy atom. The number of H-pyrrole nitrogens is 1. The number of anilines is 5. The fraction of sp³-hybridized carbons (Fsp3) is 0.0789. The third-order valence-electron chi connectivity index (χ3n) is 14.8. The molecule has 0 saturated heterocycles. The number of alkyl halides is 6. The molecule has 8 heterocycles. The average molecular weight is 1470 g/mol. The molecule has 0 saturated carbocycles. The Morgan fingerprint density at radius 2 is 0.857 bits per heavy atom. The molecule has 0 amide bonds. The van der Waals surface area contributed by atoms with E-state index in [1.165, 1.54) is 60.2 Å². The number of halogens is 9. The monoisotopic (exact) mass is 1470 g/mol. The number of nitrogens with one attached hydrogen (secondary N) is 3. The van der Waals surface area contributed by atoms with Crippen molar-refractivity contribution in [1.29, 1.82) is 21.0 Å². The van der Waals surface area contributed by atoms with E-state index in [0.29, 0.717) is 73.3 Å². The number of aromatic amines is 1. The second kappa shape index (κ2) is 33.5. The van der Waals surface area contributed by atoms with Crippen LogP contribution in [-0.2, 0) is 12.4 Å². The van der Waals surface area contributed by atoms with E-state index in [1.807, 2.05) is 140 Å². The number of nitrogens with two attached hydrogens (primary N) is 1. The van der Waals surface area contributed by atoms with Crippen LogP contribution in [0.15, 0.2) is 231 Å². The number of hydrogen-bond donors (Lipinski definition) is 5. The zero-order chi connectivity index (χ0) is 75.0. The molecule has 0 radical (unpaired) electrons. The molecule has 7 aromatic carbocycles. The van der Waals surface area contributed by atoms with Gasteiger partial charge in [0.15, 0.2) is 0 Å². The van der Waals surface area contributed by atoms with Gasteiger partial charge in [-0.25, -0.2) is 39.9 Å². The summed E-state index contributed by atoms with van der Waals surface area (Å²) in [5.41, 5.74) is 15.3. The molecular formula is C76H54Cl3F6N19O. The standard InChI is InChI=1S/C22H16F3N5O.C20H12F3N5.C13H7ClN4.C8H8N2.C7H9N.C6H2Cl2N2/c1-13(31)21-28-17-4-2-3-5-18(17)30(21)20-11-14(12-26)10-19(29-20)27-16-8-6-15(7-9-16)22(23,24)25;21-20(22,23)14-5-7-15(8-6-14)26-18-9-13(11-24)10-19(27-18)28-12-25-16-3-1-2-4-17(16)28;14-12-5-9(7-15)6-13(17-12)18-8-16-10-3-1-2-4-11(10)18;1-6-9-7-4-2-3-5-8(7)10-6;1-6-2-4-7(8)5-3-6;7-5-1-4(3-9)2-6(8)10-5/h2-11,13,31H,1H3,(H,27,29);1-10,12H,(H,26,27);1-6,8H;2-5H,1H3,(H,9,10);2-5H,8H2,1H3;1-2H. The molecule has 0 fully saturated rings. The van der Waals surface area contributed by atoms with Gasteiger partial charge in [-0.2, -0.15) is 47.4 Å². The number of aromatic nitrogens is 12. The minimum atomic E-state index is -4.43. The molecule has 1 atom stereocenters. The minimum Gasteiger partial charge on any atom is -0.399 e. The zero-order valence-corrected chi connectivity index (χ0v) is 57.4. The van der Waals surface area contributed by atoms with Crippen LogP contribution in [-0.4, -0.2) is 63.7 Å². The van der Waals surface area contributed by atoms with Crippen molar-refractivity contribution < 1.29 is 31.4 Å². The highest BCUT2D eigenvalue weighted by Crippen LogP contribution is 2.33. The van der Waals surface area contributed by atoms with Crippen molar-refractivity contribution >= 4 is 108 Å². The second-order valence-electron chi connectivity index (χ2n) is 22.5. The lowest BCUT2D eigenvalue weighted by Gasteiger charge is -2.13. The first-order chi connectivity index (χ1) is 50.3. The maximum Gasteiger partial charge on any atom is 0.416 e. The van der Waals surface area contributed by atoms with E-state index >= 15 is 0 Å². The molecule has 0 aliphatic heterocycles. The van der Waals surface area contributed by atoms with E-state index in [1.54, 1.807) is 53.0 Å². The molecule has 0 aliphatic rings. The lowest BCUT2D eigenvalue weighted by molar-refractivity contribution is -0.138. The molecule has 0 spiro atoms. The summed E-state index contributed by atoms with van der Waals surface area (Å²) in [6.07, 6.45) is -6.44. The summed E-state index contributed by atoms with van der Waals surface area (Å²) in [5, 5.41) is 53.0. The highest BCUT2D eigenvalue weighted by atomic mass is 35.5. The summed E-state index contributed by atoms with van der Waals surface area (Å²) in [4.78, 5) is 37.3. The molecule has 0 aliphatic carbocycles. The number of nitriles is 4. The maximum absolute atomic E-state index is 12.8. The van der Waals surface area contributed by atoms with Gasteiger partial charge in [-0.1, -0.05) is 101 Å². The Kier molecular flexibility index (Phi) is 23.8. The summed E-state index contributed by atoms with van der Waals surface area (Å²) in [6, 6.07) is 67.8. The summed E-state index contributed by atoms with van der Waals surface area (Å²) in [7, 11) is 0. The van der Waals surface area contributed by atoms with E-state index in [4.69, 9.17) is 51.1 Å². The predicted molar refractivity (Wildman–Crippen MR) is 391 cm³/mol. The number of aliphatic hydroxyl groups excluding tert-OH is 1. The van der Waals surface area contributed by atoms with Crippen molar-refractivity contribution in [2.45, 2.75) is 39.2 Å². The number of nitrogen functional groups attached to an aromatic ring is 1. The summed E-state index contributed by atoms with van der Waals surface area (Å²) in [6.45, 7) is 5.58. The molecule has 15 rings (SSSR count). The largest absolute Gasteiger partial charge is 0.416 e. The summed E-state index contributed by atoms with van der Waals surface area (Å²) >= 11 is 16.9.